The first-order valence-corrected chi connectivity index (χ1v) is 10.4. The number of H-pyrrole nitrogens is 1. The summed E-state index contributed by atoms with van der Waals surface area (Å²) in [5, 5.41) is 3.28. The fraction of sp³-hybridized carbons (Fsp3) is 0.545. The number of rotatable bonds is 5. The summed E-state index contributed by atoms with van der Waals surface area (Å²) in [6.07, 6.45) is 12.7. The second kappa shape index (κ2) is 8.70. The van der Waals surface area contributed by atoms with Gasteiger partial charge in [0.2, 0.25) is 0 Å². The number of carbonyl (C=O) groups excluding carboxylic acids is 1. The Kier molecular flexibility index (Phi) is 5.87. The number of aromatic nitrogens is 2. The molecule has 0 radical (unpaired) electrons. The molecule has 2 aliphatic rings. The molecule has 1 aliphatic heterocycles. The Balaban J connectivity index is 1.38. The molecule has 1 aromatic carbocycles. The van der Waals surface area contributed by atoms with Gasteiger partial charge in [0.1, 0.15) is 5.82 Å². The molecule has 2 fully saturated rings. The topological polar surface area (TPSA) is 61.0 Å². The van der Waals surface area contributed by atoms with Crippen LogP contribution in [0.25, 0.3) is 11.4 Å². The summed E-state index contributed by atoms with van der Waals surface area (Å²) in [6, 6.07) is 7.93. The lowest BCUT2D eigenvalue weighted by atomic mass is 9.88. The normalized spacial score (nSPS) is 21.9. The molecule has 1 saturated heterocycles. The van der Waals surface area contributed by atoms with Crippen LogP contribution >= 0.6 is 0 Å². The van der Waals surface area contributed by atoms with E-state index in [1.807, 2.05) is 24.3 Å². The number of likely N-dealkylation sites (tertiary alicyclic amines) is 1. The van der Waals surface area contributed by atoms with Gasteiger partial charge in [0.05, 0.1) is 5.56 Å². The highest BCUT2D eigenvalue weighted by Gasteiger charge is 2.25. The number of benzene rings is 1. The number of piperidine rings is 1. The molecule has 1 aromatic heterocycles. The van der Waals surface area contributed by atoms with Crippen molar-refractivity contribution in [2.24, 2.45) is 5.92 Å². The van der Waals surface area contributed by atoms with Crippen LogP contribution in [0.2, 0.25) is 0 Å². The van der Waals surface area contributed by atoms with Crippen molar-refractivity contribution in [1.29, 1.82) is 0 Å². The molecule has 2 aromatic rings. The largest absolute Gasteiger partial charge is 0.348 e. The van der Waals surface area contributed by atoms with E-state index in [0.29, 0.717) is 5.56 Å². The number of imidazole rings is 1. The quantitative estimate of drug-likeness (QED) is 0.845. The van der Waals surface area contributed by atoms with Gasteiger partial charge in [-0.25, -0.2) is 4.98 Å². The van der Waals surface area contributed by atoms with Crippen molar-refractivity contribution in [1.82, 2.24) is 20.2 Å². The molecule has 1 aliphatic carbocycles. The van der Waals surface area contributed by atoms with E-state index in [9.17, 15) is 4.79 Å². The Labute approximate surface area is 161 Å². The Morgan fingerprint density at radius 3 is 2.81 bits per heavy atom. The van der Waals surface area contributed by atoms with Gasteiger partial charge in [0, 0.05) is 37.1 Å². The van der Waals surface area contributed by atoms with E-state index in [2.05, 4.69) is 20.2 Å². The van der Waals surface area contributed by atoms with Crippen molar-refractivity contribution in [3.05, 3.63) is 42.2 Å². The van der Waals surface area contributed by atoms with Crippen LogP contribution in [0.15, 0.2) is 36.7 Å². The van der Waals surface area contributed by atoms with Gasteiger partial charge < -0.3 is 15.2 Å². The maximum atomic E-state index is 13.0. The molecule has 0 unspecified atom stereocenters. The lowest BCUT2D eigenvalue weighted by molar-refractivity contribution is 0.0890. The molecule has 5 nitrogen and oxygen atoms in total. The minimum atomic E-state index is 0.00603. The van der Waals surface area contributed by atoms with Crippen molar-refractivity contribution in [3.8, 4) is 11.4 Å². The maximum absolute atomic E-state index is 13.0. The fourth-order valence-corrected chi connectivity index (χ4v) is 4.64. The Bertz CT molecular complexity index is 737. The van der Waals surface area contributed by atoms with Crippen LogP contribution in [0.3, 0.4) is 0 Å². The van der Waals surface area contributed by atoms with E-state index in [0.717, 1.165) is 36.7 Å². The summed E-state index contributed by atoms with van der Waals surface area (Å²) in [4.78, 5) is 22.9. The molecule has 0 spiro atoms. The van der Waals surface area contributed by atoms with Gasteiger partial charge in [-0.1, -0.05) is 37.5 Å². The highest BCUT2D eigenvalue weighted by Crippen LogP contribution is 2.26. The SMILES string of the molecule is O=C(N[C@@H]1CCCN(CC2CCCCC2)C1)c1ccccc1-c1ncc[nH]1. The van der Waals surface area contributed by atoms with Gasteiger partial charge in [0.25, 0.3) is 5.91 Å². The van der Waals surface area contributed by atoms with Crippen LogP contribution < -0.4 is 5.32 Å². The van der Waals surface area contributed by atoms with Gasteiger partial charge >= 0.3 is 0 Å². The Hall–Kier alpha value is -2.14. The first-order valence-electron chi connectivity index (χ1n) is 10.4. The van der Waals surface area contributed by atoms with Crippen LogP contribution in [0.1, 0.15) is 55.3 Å². The number of nitrogens with one attached hydrogen (secondary N) is 2. The Morgan fingerprint density at radius 2 is 2.00 bits per heavy atom. The van der Waals surface area contributed by atoms with Crippen molar-refractivity contribution < 1.29 is 4.79 Å². The van der Waals surface area contributed by atoms with E-state index in [4.69, 9.17) is 0 Å². The molecule has 1 amide bonds. The van der Waals surface area contributed by atoms with Crippen molar-refractivity contribution >= 4 is 5.91 Å². The van der Waals surface area contributed by atoms with Crippen molar-refractivity contribution in [2.75, 3.05) is 19.6 Å². The van der Waals surface area contributed by atoms with Crippen LogP contribution in [0.4, 0.5) is 0 Å². The molecule has 2 N–H and O–H groups in total. The average molecular weight is 367 g/mol. The summed E-state index contributed by atoms with van der Waals surface area (Å²) in [7, 11) is 0. The number of amides is 1. The van der Waals surface area contributed by atoms with E-state index in [-0.39, 0.29) is 11.9 Å². The third-order valence-corrected chi connectivity index (χ3v) is 6.01. The average Bonchev–Trinajstić information content (AvgIpc) is 3.24. The summed E-state index contributed by atoms with van der Waals surface area (Å²) in [6.45, 7) is 3.35. The number of nitrogens with zero attached hydrogens (tertiary/aromatic N) is 2. The lowest BCUT2D eigenvalue weighted by Crippen LogP contribution is -2.49. The maximum Gasteiger partial charge on any atom is 0.252 e. The summed E-state index contributed by atoms with van der Waals surface area (Å²) in [5.74, 6) is 1.60. The number of aromatic amines is 1. The highest BCUT2D eigenvalue weighted by molar-refractivity contribution is 6.00. The molecule has 144 valence electrons. The second-order valence-electron chi connectivity index (χ2n) is 8.06. The highest BCUT2D eigenvalue weighted by atomic mass is 16.1. The van der Waals surface area contributed by atoms with Gasteiger partial charge in [-0.3, -0.25) is 4.79 Å². The minimum absolute atomic E-state index is 0.00603. The zero-order valence-electron chi connectivity index (χ0n) is 16.0. The Morgan fingerprint density at radius 1 is 1.15 bits per heavy atom. The third kappa shape index (κ3) is 4.59. The molecule has 27 heavy (non-hydrogen) atoms. The van der Waals surface area contributed by atoms with Gasteiger partial charge in [0.15, 0.2) is 0 Å². The van der Waals surface area contributed by atoms with Crippen LogP contribution in [0.5, 0.6) is 0 Å². The fourth-order valence-electron chi connectivity index (χ4n) is 4.64. The molecule has 0 bridgehead atoms. The number of hydrogen-bond donors (Lipinski definition) is 2. The molecule has 4 rings (SSSR count). The van der Waals surface area contributed by atoms with Gasteiger partial charge in [-0.2, -0.15) is 0 Å². The second-order valence-corrected chi connectivity index (χ2v) is 8.06. The predicted octanol–water partition coefficient (Wildman–Crippen LogP) is 3.85. The standard InChI is InChI=1S/C22H30N4O/c27-22(20-11-5-4-10-19(20)21-23-12-13-24-21)25-18-9-6-14-26(16-18)15-17-7-2-1-3-8-17/h4-5,10-13,17-18H,1-3,6-9,14-16H2,(H,23,24)(H,25,27)/t18-/m1/s1. The number of carbonyl (C=O) groups is 1. The molecule has 1 saturated carbocycles. The van der Waals surface area contributed by atoms with Crippen LogP contribution in [0, 0.1) is 5.92 Å². The van der Waals surface area contributed by atoms with Crippen LogP contribution in [-0.2, 0) is 0 Å². The minimum Gasteiger partial charge on any atom is -0.348 e. The van der Waals surface area contributed by atoms with E-state index in [1.54, 1.807) is 12.4 Å². The molecular weight excluding hydrogens is 336 g/mol. The predicted molar refractivity (Wildman–Crippen MR) is 108 cm³/mol. The number of hydrogen-bond acceptors (Lipinski definition) is 3. The molecule has 5 heteroatoms. The smallest absolute Gasteiger partial charge is 0.252 e. The first kappa shape index (κ1) is 18.2. The van der Waals surface area contributed by atoms with Crippen molar-refractivity contribution in [3.63, 3.8) is 0 Å². The zero-order valence-corrected chi connectivity index (χ0v) is 16.0. The zero-order chi connectivity index (χ0) is 18.5. The van der Waals surface area contributed by atoms with E-state index < -0.39 is 0 Å². The third-order valence-electron chi connectivity index (χ3n) is 6.01. The summed E-state index contributed by atoms with van der Waals surface area (Å²) in [5.41, 5.74) is 1.55. The van der Waals surface area contributed by atoms with Crippen molar-refractivity contribution in [2.45, 2.75) is 51.0 Å². The van der Waals surface area contributed by atoms with E-state index >= 15 is 0 Å². The molecular formula is C22H30N4O. The first-order chi connectivity index (χ1) is 13.3. The summed E-state index contributed by atoms with van der Waals surface area (Å²) >= 11 is 0. The lowest BCUT2D eigenvalue weighted by Gasteiger charge is -2.36. The van der Waals surface area contributed by atoms with E-state index in [1.165, 1.54) is 45.2 Å². The van der Waals surface area contributed by atoms with Gasteiger partial charge in [-0.05, 0) is 44.2 Å². The summed E-state index contributed by atoms with van der Waals surface area (Å²) < 4.78 is 0. The molecule has 1 atom stereocenters. The monoisotopic (exact) mass is 366 g/mol. The van der Waals surface area contributed by atoms with Crippen LogP contribution in [-0.4, -0.2) is 46.5 Å². The molecule has 2 heterocycles. The van der Waals surface area contributed by atoms with Gasteiger partial charge in [-0.15, -0.1) is 0 Å².